The second-order valence-corrected chi connectivity index (χ2v) is 4.69. The van der Waals surface area contributed by atoms with Gasteiger partial charge in [-0.3, -0.25) is 4.79 Å². The summed E-state index contributed by atoms with van der Waals surface area (Å²) < 4.78 is 17.2. The lowest BCUT2D eigenvalue weighted by Crippen LogP contribution is -2.20. The summed E-state index contributed by atoms with van der Waals surface area (Å²) in [6.07, 6.45) is 0. The normalized spacial score (nSPS) is 12.5. The molecular formula is C15H11N3O4. The van der Waals surface area contributed by atoms with Crippen LogP contribution in [0.1, 0.15) is 4.79 Å². The van der Waals surface area contributed by atoms with Crippen molar-refractivity contribution in [1.82, 2.24) is 15.0 Å². The molecule has 0 radical (unpaired) electrons. The Morgan fingerprint density at radius 1 is 1.18 bits per heavy atom. The van der Waals surface area contributed by atoms with Gasteiger partial charge in [0.25, 0.3) is 5.91 Å². The van der Waals surface area contributed by atoms with E-state index in [1.807, 2.05) is 12.1 Å². The summed E-state index contributed by atoms with van der Waals surface area (Å²) in [5.74, 6) is 1.51. The first-order valence-corrected chi connectivity index (χ1v) is 6.67. The Morgan fingerprint density at radius 2 is 2.05 bits per heavy atom. The molecule has 0 atom stereocenters. The smallest absolute Gasteiger partial charge is 0.286 e. The molecule has 0 amide bonds. The standard InChI is InChI=1S/C15H11N3O4/c19-15(18-12-4-2-1-3-11(12)16-17-18)8-20-10-5-6-13-14(7-10)22-9-21-13/h1-7H,8-9H2. The van der Waals surface area contributed by atoms with Crippen LogP contribution in [-0.4, -0.2) is 34.3 Å². The van der Waals surface area contributed by atoms with Crippen LogP contribution < -0.4 is 14.2 Å². The van der Waals surface area contributed by atoms with Crippen molar-refractivity contribution in [3.05, 3.63) is 42.5 Å². The number of carbonyl (C=O) groups is 1. The number of ether oxygens (including phenoxy) is 3. The molecule has 0 saturated heterocycles. The lowest BCUT2D eigenvalue weighted by atomic mass is 10.3. The van der Waals surface area contributed by atoms with Crippen molar-refractivity contribution in [3.63, 3.8) is 0 Å². The highest BCUT2D eigenvalue weighted by atomic mass is 16.7. The van der Waals surface area contributed by atoms with Gasteiger partial charge in [0.15, 0.2) is 18.1 Å². The average Bonchev–Trinajstić information content (AvgIpc) is 3.18. The lowest BCUT2D eigenvalue weighted by Gasteiger charge is -2.06. The van der Waals surface area contributed by atoms with E-state index in [2.05, 4.69) is 10.3 Å². The summed E-state index contributed by atoms with van der Waals surface area (Å²) >= 11 is 0. The van der Waals surface area contributed by atoms with Crippen LogP contribution in [0.2, 0.25) is 0 Å². The minimum atomic E-state index is -0.300. The molecule has 0 unspecified atom stereocenters. The van der Waals surface area contributed by atoms with E-state index in [-0.39, 0.29) is 19.3 Å². The largest absolute Gasteiger partial charge is 0.484 e. The van der Waals surface area contributed by atoms with Crippen molar-refractivity contribution < 1.29 is 19.0 Å². The fourth-order valence-electron chi connectivity index (χ4n) is 2.23. The first kappa shape index (κ1) is 12.6. The van der Waals surface area contributed by atoms with E-state index in [1.165, 1.54) is 4.68 Å². The van der Waals surface area contributed by atoms with E-state index in [0.717, 1.165) is 0 Å². The molecule has 22 heavy (non-hydrogen) atoms. The van der Waals surface area contributed by atoms with Crippen LogP contribution in [0, 0.1) is 0 Å². The summed E-state index contributed by atoms with van der Waals surface area (Å²) in [6, 6.07) is 12.4. The maximum absolute atomic E-state index is 12.2. The van der Waals surface area contributed by atoms with Crippen molar-refractivity contribution >= 4 is 16.9 Å². The molecule has 110 valence electrons. The number of benzene rings is 2. The molecule has 3 aromatic rings. The van der Waals surface area contributed by atoms with Crippen LogP contribution in [0.25, 0.3) is 11.0 Å². The zero-order valence-electron chi connectivity index (χ0n) is 11.4. The number of carbonyl (C=O) groups excluding carboxylic acids is 1. The zero-order valence-corrected chi connectivity index (χ0v) is 11.4. The number of nitrogens with zero attached hydrogens (tertiary/aromatic N) is 3. The van der Waals surface area contributed by atoms with E-state index in [4.69, 9.17) is 14.2 Å². The molecule has 2 heterocycles. The molecule has 0 aliphatic carbocycles. The highest BCUT2D eigenvalue weighted by Gasteiger charge is 2.16. The molecule has 1 aliphatic rings. The van der Waals surface area contributed by atoms with Crippen LogP contribution in [0.5, 0.6) is 17.2 Å². The van der Waals surface area contributed by atoms with Crippen LogP contribution in [0.15, 0.2) is 42.5 Å². The first-order chi connectivity index (χ1) is 10.8. The number of para-hydroxylation sites is 1. The minimum Gasteiger partial charge on any atom is -0.484 e. The molecule has 0 saturated carbocycles. The third-order valence-corrected chi connectivity index (χ3v) is 3.29. The number of rotatable bonds is 3. The van der Waals surface area contributed by atoms with Gasteiger partial charge in [-0.15, -0.1) is 5.10 Å². The van der Waals surface area contributed by atoms with Crippen molar-refractivity contribution in [2.75, 3.05) is 13.4 Å². The fourth-order valence-corrected chi connectivity index (χ4v) is 2.23. The van der Waals surface area contributed by atoms with Gasteiger partial charge in [0.05, 0.1) is 5.52 Å². The van der Waals surface area contributed by atoms with Crippen LogP contribution in [-0.2, 0) is 0 Å². The molecule has 4 rings (SSSR count). The summed E-state index contributed by atoms with van der Waals surface area (Å²) in [7, 11) is 0. The Hall–Kier alpha value is -3.09. The number of hydrogen-bond donors (Lipinski definition) is 0. The Kier molecular flexibility index (Phi) is 2.89. The molecule has 1 aromatic heterocycles. The van der Waals surface area contributed by atoms with Crippen molar-refractivity contribution in [1.29, 1.82) is 0 Å². The number of fused-ring (bicyclic) bond motifs is 2. The van der Waals surface area contributed by atoms with Crippen LogP contribution in [0.4, 0.5) is 0 Å². The third-order valence-electron chi connectivity index (χ3n) is 3.29. The summed E-state index contributed by atoms with van der Waals surface area (Å²) in [5, 5.41) is 7.80. The van der Waals surface area contributed by atoms with Gasteiger partial charge in [0.1, 0.15) is 11.3 Å². The zero-order chi connectivity index (χ0) is 14.9. The fraction of sp³-hybridized carbons (Fsp3) is 0.133. The van der Waals surface area contributed by atoms with Gasteiger partial charge in [-0.1, -0.05) is 17.3 Å². The Morgan fingerprint density at radius 3 is 3.00 bits per heavy atom. The van der Waals surface area contributed by atoms with Gasteiger partial charge < -0.3 is 14.2 Å². The highest BCUT2D eigenvalue weighted by Crippen LogP contribution is 2.35. The maximum atomic E-state index is 12.2. The quantitative estimate of drug-likeness (QED) is 0.734. The predicted molar refractivity (Wildman–Crippen MR) is 76.2 cm³/mol. The van der Waals surface area contributed by atoms with E-state index in [9.17, 15) is 4.79 Å². The molecule has 2 aromatic carbocycles. The SMILES string of the molecule is O=C(COc1ccc2c(c1)OCO2)n1nnc2ccccc21. The topological polar surface area (TPSA) is 75.5 Å². The third kappa shape index (κ3) is 2.12. The van der Waals surface area contributed by atoms with E-state index >= 15 is 0 Å². The Balaban J connectivity index is 1.50. The number of aromatic nitrogens is 3. The monoisotopic (exact) mass is 297 g/mol. The van der Waals surface area contributed by atoms with Gasteiger partial charge in [-0.05, 0) is 24.3 Å². The maximum Gasteiger partial charge on any atom is 0.286 e. The van der Waals surface area contributed by atoms with Crippen LogP contribution in [0.3, 0.4) is 0 Å². The van der Waals surface area contributed by atoms with Crippen molar-refractivity contribution in [3.8, 4) is 17.2 Å². The van der Waals surface area contributed by atoms with Crippen molar-refractivity contribution in [2.24, 2.45) is 0 Å². The molecule has 0 fully saturated rings. The Bertz CT molecular complexity index is 859. The molecule has 0 N–H and O–H groups in total. The molecule has 0 bridgehead atoms. The van der Waals surface area contributed by atoms with Gasteiger partial charge in [0, 0.05) is 6.07 Å². The van der Waals surface area contributed by atoms with E-state index < -0.39 is 0 Å². The predicted octanol–water partition coefficient (Wildman–Crippen LogP) is 1.88. The minimum absolute atomic E-state index is 0.146. The molecule has 7 heteroatoms. The lowest BCUT2D eigenvalue weighted by molar-refractivity contribution is 0.0824. The van der Waals surface area contributed by atoms with Gasteiger partial charge in [-0.2, -0.15) is 4.68 Å². The van der Waals surface area contributed by atoms with Gasteiger partial charge in [-0.25, -0.2) is 0 Å². The summed E-state index contributed by atoms with van der Waals surface area (Å²) in [5.41, 5.74) is 1.32. The second kappa shape index (κ2) is 5.03. The summed E-state index contributed by atoms with van der Waals surface area (Å²) in [4.78, 5) is 12.2. The average molecular weight is 297 g/mol. The molecular weight excluding hydrogens is 286 g/mol. The molecule has 0 spiro atoms. The number of hydrogen-bond acceptors (Lipinski definition) is 6. The summed E-state index contributed by atoms with van der Waals surface area (Å²) in [6.45, 7) is 0.0513. The Labute approximate surface area is 125 Å². The van der Waals surface area contributed by atoms with Gasteiger partial charge in [0.2, 0.25) is 6.79 Å². The van der Waals surface area contributed by atoms with Crippen molar-refractivity contribution in [2.45, 2.75) is 0 Å². The van der Waals surface area contributed by atoms with Crippen LogP contribution >= 0.6 is 0 Å². The molecule has 7 nitrogen and oxygen atoms in total. The highest BCUT2D eigenvalue weighted by molar-refractivity contribution is 5.89. The van der Waals surface area contributed by atoms with E-state index in [1.54, 1.807) is 30.3 Å². The van der Waals surface area contributed by atoms with E-state index in [0.29, 0.717) is 28.3 Å². The molecule has 1 aliphatic heterocycles. The second-order valence-electron chi connectivity index (χ2n) is 4.69. The van der Waals surface area contributed by atoms with Gasteiger partial charge >= 0.3 is 0 Å². The first-order valence-electron chi connectivity index (χ1n) is 6.67.